The Bertz CT molecular complexity index is 947. The van der Waals surface area contributed by atoms with E-state index in [9.17, 15) is 4.79 Å². The summed E-state index contributed by atoms with van der Waals surface area (Å²) < 4.78 is 10.5. The summed E-state index contributed by atoms with van der Waals surface area (Å²) in [5.41, 5.74) is 3.62. The molecular formula is C21H25N3O3. The topological polar surface area (TPSA) is 76.2 Å². The number of carbonyl (C=O) groups is 1. The molecule has 3 rings (SSSR count). The van der Waals surface area contributed by atoms with Crippen LogP contribution < -0.4 is 14.8 Å². The van der Waals surface area contributed by atoms with E-state index in [1.54, 1.807) is 14.2 Å². The van der Waals surface area contributed by atoms with E-state index in [0.29, 0.717) is 30.3 Å². The van der Waals surface area contributed by atoms with Gasteiger partial charge < -0.3 is 19.8 Å². The summed E-state index contributed by atoms with van der Waals surface area (Å²) in [6.07, 6.45) is 1.00. The number of aromatic amines is 1. The average Bonchev–Trinajstić information content (AvgIpc) is 3.10. The number of amides is 1. The Hall–Kier alpha value is -3.02. The summed E-state index contributed by atoms with van der Waals surface area (Å²) >= 11 is 0. The molecule has 0 aliphatic carbocycles. The lowest BCUT2D eigenvalue weighted by atomic mass is 10.1. The molecule has 0 unspecified atom stereocenters. The van der Waals surface area contributed by atoms with Crippen molar-refractivity contribution in [2.75, 3.05) is 19.5 Å². The van der Waals surface area contributed by atoms with E-state index < -0.39 is 0 Å². The fraction of sp³-hybridized carbons (Fsp3) is 0.333. The molecule has 0 fully saturated rings. The quantitative estimate of drug-likeness (QED) is 0.654. The predicted molar refractivity (Wildman–Crippen MR) is 107 cm³/mol. The third-order valence-corrected chi connectivity index (χ3v) is 4.42. The van der Waals surface area contributed by atoms with Gasteiger partial charge in [-0.25, -0.2) is 4.98 Å². The van der Waals surface area contributed by atoms with Crippen LogP contribution in [0, 0.1) is 0 Å². The van der Waals surface area contributed by atoms with Crippen molar-refractivity contribution in [3.8, 4) is 11.5 Å². The van der Waals surface area contributed by atoms with Crippen LogP contribution in [-0.2, 0) is 11.2 Å². The van der Waals surface area contributed by atoms with Crippen LogP contribution in [-0.4, -0.2) is 30.1 Å². The van der Waals surface area contributed by atoms with Crippen molar-refractivity contribution in [3.05, 3.63) is 47.8 Å². The molecule has 2 N–H and O–H groups in total. The van der Waals surface area contributed by atoms with E-state index in [1.165, 1.54) is 0 Å². The van der Waals surface area contributed by atoms with Crippen LogP contribution in [0.1, 0.15) is 37.6 Å². The number of rotatable bonds is 7. The standard InChI is InChI=1S/C21H25N3O3/c1-13(2)21-23-16-8-7-15(12-17(16)24-21)22-20(25)10-6-14-5-9-18(26-3)19(11-14)27-4/h5,7-9,11-13H,6,10H2,1-4H3,(H,22,25)(H,23,24). The number of ether oxygens (including phenoxy) is 2. The second-order valence-electron chi connectivity index (χ2n) is 6.75. The van der Waals surface area contributed by atoms with Crippen LogP contribution in [0.3, 0.4) is 0 Å². The highest BCUT2D eigenvalue weighted by atomic mass is 16.5. The molecule has 0 spiro atoms. The molecule has 1 heterocycles. The Morgan fingerprint density at radius 3 is 2.59 bits per heavy atom. The van der Waals surface area contributed by atoms with E-state index in [1.807, 2.05) is 36.4 Å². The molecule has 0 aliphatic heterocycles. The summed E-state index contributed by atoms with van der Waals surface area (Å²) in [7, 11) is 3.20. The first-order valence-electron chi connectivity index (χ1n) is 9.00. The number of anilines is 1. The first-order valence-corrected chi connectivity index (χ1v) is 9.00. The van der Waals surface area contributed by atoms with Gasteiger partial charge in [-0.1, -0.05) is 19.9 Å². The molecule has 142 valence electrons. The minimum Gasteiger partial charge on any atom is -0.493 e. The number of nitrogens with one attached hydrogen (secondary N) is 2. The zero-order valence-electron chi connectivity index (χ0n) is 16.1. The lowest BCUT2D eigenvalue weighted by Gasteiger charge is -2.10. The van der Waals surface area contributed by atoms with E-state index in [-0.39, 0.29) is 5.91 Å². The maximum absolute atomic E-state index is 12.3. The fourth-order valence-corrected chi connectivity index (χ4v) is 2.90. The van der Waals surface area contributed by atoms with Gasteiger partial charge in [0.1, 0.15) is 5.82 Å². The minimum atomic E-state index is -0.0345. The number of benzene rings is 2. The van der Waals surface area contributed by atoms with Gasteiger partial charge in [-0.2, -0.15) is 0 Å². The highest BCUT2D eigenvalue weighted by Gasteiger charge is 2.10. The second-order valence-corrected chi connectivity index (χ2v) is 6.75. The van der Waals surface area contributed by atoms with Crippen molar-refractivity contribution in [1.82, 2.24) is 9.97 Å². The van der Waals surface area contributed by atoms with Gasteiger partial charge in [-0.3, -0.25) is 4.79 Å². The molecule has 6 heteroatoms. The number of methoxy groups -OCH3 is 2. The monoisotopic (exact) mass is 367 g/mol. The zero-order valence-corrected chi connectivity index (χ0v) is 16.1. The Kier molecular flexibility index (Phi) is 5.64. The van der Waals surface area contributed by atoms with E-state index in [0.717, 1.165) is 28.1 Å². The van der Waals surface area contributed by atoms with Crippen LogP contribution in [0.2, 0.25) is 0 Å². The first kappa shape index (κ1) is 18.8. The molecule has 0 bridgehead atoms. The largest absolute Gasteiger partial charge is 0.493 e. The summed E-state index contributed by atoms with van der Waals surface area (Å²) in [5.74, 6) is 2.59. The van der Waals surface area contributed by atoms with Gasteiger partial charge in [0, 0.05) is 18.0 Å². The second kappa shape index (κ2) is 8.12. The van der Waals surface area contributed by atoms with Gasteiger partial charge in [0.05, 0.1) is 25.3 Å². The molecule has 1 amide bonds. The predicted octanol–water partition coefficient (Wildman–Crippen LogP) is 4.27. The van der Waals surface area contributed by atoms with Crippen LogP contribution in [0.25, 0.3) is 11.0 Å². The number of imidazole rings is 1. The van der Waals surface area contributed by atoms with Crippen LogP contribution in [0.5, 0.6) is 11.5 Å². The van der Waals surface area contributed by atoms with Gasteiger partial charge in [-0.15, -0.1) is 0 Å². The smallest absolute Gasteiger partial charge is 0.224 e. The molecule has 3 aromatic rings. The molecule has 0 aliphatic rings. The number of aromatic nitrogens is 2. The zero-order chi connectivity index (χ0) is 19.4. The number of hydrogen-bond donors (Lipinski definition) is 2. The normalized spacial score (nSPS) is 11.0. The Morgan fingerprint density at radius 1 is 1.11 bits per heavy atom. The Labute approximate surface area is 158 Å². The fourth-order valence-electron chi connectivity index (χ4n) is 2.90. The molecule has 1 aromatic heterocycles. The van der Waals surface area contributed by atoms with Gasteiger partial charge in [0.2, 0.25) is 5.91 Å². The Morgan fingerprint density at radius 2 is 1.89 bits per heavy atom. The average molecular weight is 367 g/mol. The molecule has 0 saturated heterocycles. The van der Waals surface area contributed by atoms with Crippen molar-refractivity contribution in [3.63, 3.8) is 0 Å². The van der Waals surface area contributed by atoms with Crippen molar-refractivity contribution < 1.29 is 14.3 Å². The lowest BCUT2D eigenvalue weighted by molar-refractivity contribution is -0.116. The summed E-state index contributed by atoms with van der Waals surface area (Å²) in [5, 5.41) is 2.95. The van der Waals surface area contributed by atoms with E-state index in [2.05, 4.69) is 29.1 Å². The van der Waals surface area contributed by atoms with E-state index in [4.69, 9.17) is 9.47 Å². The maximum atomic E-state index is 12.3. The number of H-pyrrole nitrogens is 1. The maximum Gasteiger partial charge on any atom is 0.224 e. The SMILES string of the molecule is COc1ccc(CCC(=O)Nc2ccc3nc(C(C)C)[nH]c3c2)cc1OC. The van der Waals surface area contributed by atoms with Crippen molar-refractivity contribution in [2.24, 2.45) is 0 Å². The first-order chi connectivity index (χ1) is 13.0. The summed E-state index contributed by atoms with van der Waals surface area (Å²) in [6, 6.07) is 11.4. The third kappa shape index (κ3) is 4.39. The van der Waals surface area contributed by atoms with Crippen LogP contribution in [0.4, 0.5) is 5.69 Å². The highest BCUT2D eigenvalue weighted by molar-refractivity contribution is 5.93. The van der Waals surface area contributed by atoms with Crippen molar-refractivity contribution >= 4 is 22.6 Å². The number of aryl methyl sites for hydroxylation is 1. The minimum absolute atomic E-state index is 0.0345. The summed E-state index contributed by atoms with van der Waals surface area (Å²) in [6.45, 7) is 4.18. The van der Waals surface area contributed by atoms with Crippen LogP contribution in [0.15, 0.2) is 36.4 Å². The van der Waals surface area contributed by atoms with E-state index >= 15 is 0 Å². The number of carbonyl (C=O) groups excluding carboxylic acids is 1. The number of fused-ring (bicyclic) bond motifs is 1. The molecule has 0 saturated carbocycles. The highest BCUT2D eigenvalue weighted by Crippen LogP contribution is 2.28. The van der Waals surface area contributed by atoms with Gasteiger partial charge in [0.25, 0.3) is 0 Å². The lowest BCUT2D eigenvalue weighted by Crippen LogP contribution is -2.12. The molecule has 0 radical (unpaired) electrons. The molecule has 2 aromatic carbocycles. The Balaban J connectivity index is 1.63. The number of hydrogen-bond acceptors (Lipinski definition) is 4. The number of nitrogens with zero attached hydrogens (tertiary/aromatic N) is 1. The van der Waals surface area contributed by atoms with Gasteiger partial charge in [-0.05, 0) is 42.3 Å². The third-order valence-electron chi connectivity index (χ3n) is 4.42. The molecule has 6 nitrogen and oxygen atoms in total. The molecule has 27 heavy (non-hydrogen) atoms. The van der Waals surface area contributed by atoms with Gasteiger partial charge >= 0.3 is 0 Å². The van der Waals surface area contributed by atoms with Crippen molar-refractivity contribution in [1.29, 1.82) is 0 Å². The molecular weight excluding hydrogens is 342 g/mol. The van der Waals surface area contributed by atoms with Crippen molar-refractivity contribution in [2.45, 2.75) is 32.6 Å². The summed E-state index contributed by atoms with van der Waals surface area (Å²) in [4.78, 5) is 20.2. The molecule has 0 atom stereocenters. The van der Waals surface area contributed by atoms with Crippen LogP contribution >= 0.6 is 0 Å². The van der Waals surface area contributed by atoms with Gasteiger partial charge in [0.15, 0.2) is 11.5 Å².